The number of ether oxygens (including phenoxy) is 1. The van der Waals surface area contributed by atoms with Crippen LogP contribution in [0.5, 0.6) is 0 Å². The fourth-order valence-electron chi connectivity index (χ4n) is 1.56. The maximum atomic E-state index is 13.8. The van der Waals surface area contributed by atoms with Crippen molar-refractivity contribution in [3.8, 4) is 0 Å². The van der Waals surface area contributed by atoms with E-state index in [1.54, 1.807) is 12.1 Å². The molecule has 3 nitrogen and oxygen atoms in total. The van der Waals surface area contributed by atoms with E-state index >= 15 is 0 Å². The second-order valence-corrected chi connectivity index (χ2v) is 5.04. The highest BCUT2D eigenvalue weighted by molar-refractivity contribution is 7.80. The van der Waals surface area contributed by atoms with Gasteiger partial charge in [-0.1, -0.05) is 12.2 Å². The molecule has 1 aromatic rings. The maximum Gasteiger partial charge on any atom is 0.146 e. The van der Waals surface area contributed by atoms with Crippen molar-refractivity contribution in [3.63, 3.8) is 0 Å². The fourth-order valence-corrected chi connectivity index (χ4v) is 1.69. The number of hydrogen-bond donors (Lipinski definition) is 2. The van der Waals surface area contributed by atoms with Gasteiger partial charge in [-0.05, 0) is 39.0 Å². The molecule has 0 aromatic heterocycles. The fraction of sp³-hybridized carbons (Fsp3) is 0.462. The van der Waals surface area contributed by atoms with Gasteiger partial charge in [-0.25, -0.2) is 4.39 Å². The molecule has 0 aliphatic rings. The number of hydrogen-bond acceptors (Lipinski definition) is 3. The van der Waals surface area contributed by atoms with Gasteiger partial charge in [-0.2, -0.15) is 0 Å². The van der Waals surface area contributed by atoms with E-state index < -0.39 is 0 Å². The summed E-state index contributed by atoms with van der Waals surface area (Å²) in [5, 5.41) is 3.02. The second kappa shape index (κ2) is 6.11. The van der Waals surface area contributed by atoms with Crippen LogP contribution in [-0.4, -0.2) is 23.7 Å². The van der Waals surface area contributed by atoms with E-state index in [-0.39, 0.29) is 16.4 Å². The molecule has 0 saturated heterocycles. The summed E-state index contributed by atoms with van der Waals surface area (Å²) in [4.78, 5) is 0.190. The number of rotatable bonds is 6. The number of nitrogens with one attached hydrogen (secondary N) is 1. The normalized spacial score (nSPS) is 11.3. The Morgan fingerprint density at radius 3 is 2.67 bits per heavy atom. The van der Waals surface area contributed by atoms with E-state index in [9.17, 15) is 4.39 Å². The van der Waals surface area contributed by atoms with Gasteiger partial charge in [-0.15, -0.1) is 0 Å². The van der Waals surface area contributed by atoms with Crippen LogP contribution in [0.4, 0.5) is 10.1 Å². The number of nitrogens with two attached hydrogens (primary N) is 1. The van der Waals surface area contributed by atoms with Crippen LogP contribution in [0.3, 0.4) is 0 Å². The summed E-state index contributed by atoms with van der Waals surface area (Å²) < 4.78 is 19.3. The molecule has 100 valence electrons. The topological polar surface area (TPSA) is 47.3 Å². The van der Waals surface area contributed by atoms with Gasteiger partial charge in [0.2, 0.25) is 0 Å². The number of anilines is 1. The second-order valence-electron chi connectivity index (χ2n) is 4.61. The first-order valence-corrected chi connectivity index (χ1v) is 6.24. The summed E-state index contributed by atoms with van der Waals surface area (Å²) >= 11 is 4.79. The van der Waals surface area contributed by atoms with Gasteiger partial charge in [0.25, 0.3) is 0 Å². The van der Waals surface area contributed by atoms with Gasteiger partial charge < -0.3 is 15.8 Å². The van der Waals surface area contributed by atoms with Crippen LogP contribution in [0, 0.1) is 5.82 Å². The lowest BCUT2D eigenvalue weighted by atomic mass is 10.1. The molecule has 1 aromatic carbocycles. The molecular formula is C13H19FN2OS. The van der Waals surface area contributed by atoms with Crippen LogP contribution in [0.1, 0.15) is 26.3 Å². The van der Waals surface area contributed by atoms with Crippen LogP contribution in [0.25, 0.3) is 0 Å². The largest absolute Gasteiger partial charge is 0.389 e. The minimum atomic E-state index is -0.368. The highest BCUT2D eigenvalue weighted by Crippen LogP contribution is 2.18. The molecule has 0 amide bonds. The Morgan fingerprint density at radius 1 is 1.50 bits per heavy atom. The summed E-state index contributed by atoms with van der Waals surface area (Å²) in [6.07, 6.45) is 0. The van der Waals surface area contributed by atoms with Crippen molar-refractivity contribution in [3.05, 3.63) is 29.6 Å². The Kier molecular flexibility index (Phi) is 5.04. The van der Waals surface area contributed by atoms with Crippen molar-refractivity contribution < 1.29 is 9.13 Å². The number of halogens is 1. The summed E-state index contributed by atoms with van der Waals surface area (Å²) in [7, 11) is 0. The lowest BCUT2D eigenvalue weighted by molar-refractivity contribution is 0.000662. The zero-order valence-corrected chi connectivity index (χ0v) is 11.7. The average Bonchev–Trinajstić information content (AvgIpc) is 2.27. The molecule has 0 aliphatic heterocycles. The Labute approximate surface area is 113 Å². The molecule has 3 N–H and O–H groups in total. The molecule has 18 heavy (non-hydrogen) atoms. The highest BCUT2D eigenvalue weighted by Gasteiger charge is 2.17. The van der Waals surface area contributed by atoms with Crippen molar-refractivity contribution in [1.29, 1.82) is 0 Å². The van der Waals surface area contributed by atoms with E-state index in [4.69, 9.17) is 22.7 Å². The first kappa shape index (κ1) is 14.9. The summed E-state index contributed by atoms with van der Waals surface area (Å²) in [6.45, 7) is 6.97. The predicted molar refractivity (Wildman–Crippen MR) is 76.5 cm³/mol. The molecule has 0 saturated carbocycles. The average molecular weight is 270 g/mol. The van der Waals surface area contributed by atoms with E-state index in [0.717, 1.165) is 0 Å². The van der Waals surface area contributed by atoms with Crippen LogP contribution in [0.15, 0.2) is 18.2 Å². The van der Waals surface area contributed by atoms with Gasteiger partial charge in [0.05, 0.1) is 11.3 Å². The maximum absolute atomic E-state index is 13.8. The summed E-state index contributed by atoms with van der Waals surface area (Å²) in [5.74, 6) is -0.368. The first-order valence-electron chi connectivity index (χ1n) is 5.83. The van der Waals surface area contributed by atoms with Crippen molar-refractivity contribution >= 4 is 22.9 Å². The van der Waals surface area contributed by atoms with Gasteiger partial charge in [-0.3, -0.25) is 0 Å². The monoisotopic (exact) mass is 270 g/mol. The number of benzene rings is 1. The minimum Gasteiger partial charge on any atom is -0.389 e. The first-order chi connectivity index (χ1) is 8.35. The highest BCUT2D eigenvalue weighted by atomic mass is 32.1. The van der Waals surface area contributed by atoms with E-state index in [2.05, 4.69) is 5.32 Å². The quantitative estimate of drug-likeness (QED) is 0.780. The van der Waals surface area contributed by atoms with E-state index in [1.165, 1.54) is 6.07 Å². The van der Waals surface area contributed by atoms with Gasteiger partial charge >= 0.3 is 0 Å². The van der Waals surface area contributed by atoms with Gasteiger partial charge in [0.15, 0.2) is 0 Å². The molecule has 0 aliphatic carbocycles. The summed E-state index contributed by atoms with van der Waals surface area (Å²) in [6, 6.07) is 4.66. The Morgan fingerprint density at radius 2 is 2.17 bits per heavy atom. The standard InChI is InChI=1S/C13H19FN2OS/c1-4-17-13(2,3)8-16-11-6-5-9(12(15)18)7-10(11)14/h5-7,16H,4,8H2,1-3H3,(H2,15,18). The van der Waals surface area contributed by atoms with Crippen LogP contribution in [-0.2, 0) is 4.74 Å². The Hall–Kier alpha value is -1.20. The molecule has 0 spiro atoms. The lowest BCUT2D eigenvalue weighted by Crippen LogP contribution is -2.33. The Bertz CT molecular complexity index is 435. The predicted octanol–water partition coefficient (Wildman–Crippen LogP) is 2.69. The summed E-state index contributed by atoms with van der Waals surface area (Å²) in [5.41, 5.74) is 6.04. The van der Waals surface area contributed by atoms with Crippen molar-refractivity contribution in [2.24, 2.45) is 5.73 Å². The van der Waals surface area contributed by atoms with Gasteiger partial charge in [0.1, 0.15) is 10.8 Å². The molecule has 0 unspecified atom stereocenters. The molecule has 1 rings (SSSR count). The molecule has 0 bridgehead atoms. The lowest BCUT2D eigenvalue weighted by Gasteiger charge is -2.25. The Balaban J connectivity index is 2.71. The van der Waals surface area contributed by atoms with Crippen molar-refractivity contribution in [2.45, 2.75) is 26.4 Å². The molecule has 0 atom stereocenters. The van der Waals surface area contributed by atoms with Crippen molar-refractivity contribution in [1.82, 2.24) is 0 Å². The molecular weight excluding hydrogens is 251 g/mol. The smallest absolute Gasteiger partial charge is 0.146 e. The van der Waals surface area contributed by atoms with E-state index in [1.807, 2.05) is 20.8 Å². The zero-order chi connectivity index (χ0) is 13.8. The van der Waals surface area contributed by atoms with E-state index in [0.29, 0.717) is 24.4 Å². The molecule has 0 radical (unpaired) electrons. The third-order valence-corrected chi connectivity index (χ3v) is 2.73. The third kappa shape index (κ3) is 4.23. The van der Waals surface area contributed by atoms with Crippen molar-refractivity contribution in [2.75, 3.05) is 18.5 Å². The zero-order valence-electron chi connectivity index (χ0n) is 10.9. The SMILES string of the molecule is CCOC(C)(C)CNc1ccc(C(N)=S)cc1F. The number of thiocarbonyl (C=S) groups is 1. The minimum absolute atomic E-state index is 0.190. The molecule has 0 fully saturated rings. The van der Waals surface area contributed by atoms with Crippen LogP contribution in [0.2, 0.25) is 0 Å². The molecule has 5 heteroatoms. The van der Waals surface area contributed by atoms with Crippen LogP contribution < -0.4 is 11.1 Å². The van der Waals surface area contributed by atoms with Crippen LogP contribution >= 0.6 is 12.2 Å². The van der Waals surface area contributed by atoms with Gasteiger partial charge in [0, 0.05) is 18.7 Å². The molecule has 0 heterocycles. The third-order valence-electron chi connectivity index (χ3n) is 2.49.